The monoisotopic (exact) mass is 237 g/mol. The van der Waals surface area contributed by atoms with Gasteiger partial charge < -0.3 is 15.0 Å². The Hall–Kier alpha value is -1.95. The summed E-state index contributed by atoms with van der Waals surface area (Å²) in [6.07, 6.45) is 0. The molecule has 0 amide bonds. The van der Waals surface area contributed by atoms with Gasteiger partial charge in [0, 0.05) is 0 Å². The molecule has 2 aromatic rings. The van der Waals surface area contributed by atoms with E-state index in [0.717, 1.165) is 0 Å². The summed E-state index contributed by atoms with van der Waals surface area (Å²) in [5.74, 6) is 1.07. The van der Waals surface area contributed by atoms with Crippen molar-refractivity contribution in [2.45, 2.75) is 20.1 Å². The smallest absolute Gasteiger partial charge is 0.240 e. The maximum atomic E-state index is 13.0. The predicted molar refractivity (Wildman–Crippen MR) is 57.7 cm³/mol. The molecule has 1 aromatic carbocycles. The molecule has 0 aliphatic rings. The summed E-state index contributed by atoms with van der Waals surface area (Å²) in [6, 6.07) is 4.51. The van der Waals surface area contributed by atoms with E-state index in [1.165, 1.54) is 6.07 Å². The van der Waals surface area contributed by atoms with Crippen LogP contribution in [-0.2, 0) is 13.2 Å². The van der Waals surface area contributed by atoms with Crippen LogP contribution in [0.25, 0.3) is 0 Å². The Morgan fingerprint density at radius 1 is 1.47 bits per heavy atom. The molecule has 0 radical (unpaired) electrons. The van der Waals surface area contributed by atoms with Gasteiger partial charge in [0.1, 0.15) is 11.6 Å². The molecule has 0 saturated heterocycles. The van der Waals surface area contributed by atoms with Crippen LogP contribution in [-0.4, -0.2) is 10.1 Å². The van der Waals surface area contributed by atoms with E-state index in [1.807, 2.05) is 0 Å². The second-order valence-electron chi connectivity index (χ2n) is 3.51. The van der Waals surface area contributed by atoms with Crippen LogP contribution in [0.2, 0.25) is 0 Å². The van der Waals surface area contributed by atoms with Crippen molar-refractivity contribution < 1.29 is 13.7 Å². The third-order valence-corrected chi connectivity index (χ3v) is 2.18. The van der Waals surface area contributed by atoms with Gasteiger partial charge in [0.2, 0.25) is 11.7 Å². The number of aromatic nitrogens is 2. The second-order valence-corrected chi connectivity index (χ2v) is 3.51. The highest BCUT2D eigenvalue weighted by atomic mass is 19.1. The predicted octanol–water partition coefficient (Wildman–Crippen LogP) is 1.55. The lowest BCUT2D eigenvalue weighted by molar-refractivity contribution is 0.284. The number of hydrogen-bond donors (Lipinski definition) is 1. The fourth-order valence-corrected chi connectivity index (χ4v) is 1.29. The molecule has 2 rings (SSSR count). The van der Waals surface area contributed by atoms with E-state index in [0.29, 0.717) is 23.0 Å². The van der Waals surface area contributed by atoms with Gasteiger partial charge in [-0.25, -0.2) is 4.39 Å². The zero-order valence-electron chi connectivity index (χ0n) is 9.31. The number of halogens is 1. The minimum atomic E-state index is -0.262. The zero-order valence-corrected chi connectivity index (χ0v) is 9.31. The van der Waals surface area contributed by atoms with Crippen molar-refractivity contribution >= 4 is 0 Å². The van der Waals surface area contributed by atoms with Gasteiger partial charge in [-0.15, -0.1) is 0 Å². The van der Waals surface area contributed by atoms with Crippen molar-refractivity contribution in [1.29, 1.82) is 0 Å². The topological polar surface area (TPSA) is 74.2 Å². The summed E-state index contributed by atoms with van der Waals surface area (Å²) in [6.45, 7) is 2.03. The van der Waals surface area contributed by atoms with E-state index in [-0.39, 0.29) is 19.0 Å². The summed E-state index contributed by atoms with van der Waals surface area (Å²) in [7, 11) is 0. The molecule has 0 spiro atoms. The van der Waals surface area contributed by atoms with Gasteiger partial charge in [-0.2, -0.15) is 4.98 Å². The van der Waals surface area contributed by atoms with Crippen molar-refractivity contribution in [3.05, 3.63) is 41.3 Å². The molecule has 0 atom stereocenters. The number of ether oxygens (including phenoxy) is 1. The molecular weight excluding hydrogens is 225 g/mol. The Balaban J connectivity index is 1.99. The van der Waals surface area contributed by atoms with E-state index in [1.54, 1.807) is 19.1 Å². The maximum Gasteiger partial charge on any atom is 0.240 e. The Kier molecular flexibility index (Phi) is 3.34. The summed E-state index contributed by atoms with van der Waals surface area (Å²) in [4.78, 5) is 3.98. The molecule has 0 saturated carbocycles. The molecule has 1 heterocycles. The average Bonchev–Trinajstić information content (AvgIpc) is 2.79. The number of benzene rings is 1. The first-order valence-electron chi connectivity index (χ1n) is 5.09. The van der Waals surface area contributed by atoms with Crippen molar-refractivity contribution in [3.63, 3.8) is 0 Å². The van der Waals surface area contributed by atoms with Crippen molar-refractivity contribution in [1.82, 2.24) is 10.1 Å². The van der Waals surface area contributed by atoms with Crippen LogP contribution in [0, 0.1) is 12.7 Å². The van der Waals surface area contributed by atoms with Gasteiger partial charge in [0.05, 0.1) is 6.54 Å². The molecule has 2 N–H and O–H groups in total. The Bertz CT molecular complexity index is 513. The Morgan fingerprint density at radius 2 is 2.29 bits per heavy atom. The summed E-state index contributed by atoms with van der Waals surface area (Å²) in [5.41, 5.74) is 5.85. The standard InChI is InChI=1S/C11H12FN3O2/c1-7-4-8(2-3-9(7)12)16-6-10-14-11(5-13)17-15-10/h2-4H,5-6,13H2,1H3. The molecule has 0 aliphatic carbocycles. The molecule has 0 aliphatic heterocycles. The number of rotatable bonds is 4. The van der Waals surface area contributed by atoms with E-state index in [9.17, 15) is 4.39 Å². The largest absolute Gasteiger partial charge is 0.485 e. The summed E-state index contributed by atoms with van der Waals surface area (Å²) in [5, 5.41) is 3.68. The number of hydrogen-bond acceptors (Lipinski definition) is 5. The Labute approximate surface area is 97.4 Å². The highest BCUT2D eigenvalue weighted by molar-refractivity contribution is 5.28. The highest BCUT2D eigenvalue weighted by Gasteiger charge is 2.06. The number of nitrogens with zero attached hydrogens (tertiary/aromatic N) is 2. The lowest BCUT2D eigenvalue weighted by Gasteiger charge is -2.04. The molecule has 6 heteroatoms. The third-order valence-electron chi connectivity index (χ3n) is 2.18. The van der Waals surface area contributed by atoms with Gasteiger partial charge in [-0.1, -0.05) is 5.16 Å². The average molecular weight is 237 g/mol. The number of nitrogens with two attached hydrogens (primary N) is 1. The van der Waals surface area contributed by atoms with Crippen LogP contribution in [0.4, 0.5) is 4.39 Å². The van der Waals surface area contributed by atoms with Crippen LogP contribution in [0.1, 0.15) is 17.3 Å². The van der Waals surface area contributed by atoms with Gasteiger partial charge in [0.25, 0.3) is 0 Å². The maximum absolute atomic E-state index is 13.0. The first-order valence-corrected chi connectivity index (χ1v) is 5.09. The van der Waals surface area contributed by atoms with Gasteiger partial charge in [-0.05, 0) is 30.7 Å². The van der Waals surface area contributed by atoms with E-state index < -0.39 is 0 Å². The molecular formula is C11H12FN3O2. The fraction of sp³-hybridized carbons (Fsp3) is 0.273. The SMILES string of the molecule is Cc1cc(OCc2noc(CN)n2)ccc1F. The zero-order chi connectivity index (χ0) is 12.3. The van der Waals surface area contributed by atoms with Crippen LogP contribution >= 0.6 is 0 Å². The van der Waals surface area contributed by atoms with E-state index in [4.69, 9.17) is 15.0 Å². The normalized spacial score (nSPS) is 10.5. The molecule has 0 fully saturated rings. The lowest BCUT2D eigenvalue weighted by Crippen LogP contribution is -2.00. The quantitative estimate of drug-likeness (QED) is 0.873. The first kappa shape index (κ1) is 11.5. The van der Waals surface area contributed by atoms with Gasteiger partial charge >= 0.3 is 0 Å². The molecule has 5 nitrogen and oxygen atoms in total. The Morgan fingerprint density at radius 3 is 2.94 bits per heavy atom. The fourth-order valence-electron chi connectivity index (χ4n) is 1.29. The van der Waals surface area contributed by atoms with Crippen LogP contribution in [0.3, 0.4) is 0 Å². The third kappa shape index (κ3) is 2.79. The van der Waals surface area contributed by atoms with Gasteiger partial charge in [-0.3, -0.25) is 0 Å². The van der Waals surface area contributed by atoms with Crippen LogP contribution in [0.5, 0.6) is 5.75 Å². The van der Waals surface area contributed by atoms with Crippen molar-refractivity contribution in [2.75, 3.05) is 0 Å². The molecule has 0 unspecified atom stereocenters. The van der Waals surface area contributed by atoms with E-state index >= 15 is 0 Å². The van der Waals surface area contributed by atoms with Gasteiger partial charge in [0.15, 0.2) is 6.61 Å². The highest BCUT2D eigenvalue weighted by Crippen LogP contribution is 2.16. The number of aryl methyl sites for hydroxylation is 1. The van der Waals surface area contributed by atoms with Crippen molar-refractivity contribution in [2.24, 2.45) is 5.73 Å². The first-order chi connectivity index (χ1) is 8.19. The molecule has 90 valence electrons. The summed E-state index contributed by atoms with van der Waals surface area (Å²) >= 11 is 0. The molecule has 0 bridgehead atoms. The second kappa shape index (κ2) is 4.92. The van der Waals surface area contributed by atoms with Crippen LogP contribution in [0.15, 0.2) is 22.7 Å². The summed E-state index contributed by atoms with van der Waals surface area (Å²) < 4.78 is 23.2. The minimum absolute atomic E-state index is 0.161. The molecule has 17 heavy (non-hydrogen) atoms. The minimum Gasteiger partial charge on any atom is -0.485 e. The van der Waals surface area contributed by atoms with Crippen LogP contribution < -0.4 is 10.5 Å². The molecule has 1 aromatic heterocycles. The lowest BCUT2D eigenvalue weighted by atomic mass is 10.2. The van der Waals surface area contributed by atoms with Crippen molar-refractivity contribution in [3.8, 4) is 5.75 Å². The van der Waals surface area contributed by atoms with E-state index in [2.05, 4.69) is 10.1 Å².